The fourth-order valence-electron chi connectivity index (χ4n) is 2.17. The van der Waals surface area contributed by atoms with Gasteiger partial charge in [-0.25, -0.2) is 8.42 Å². The van der Waals surface area contributed by atoms with E-state index in [1.54, 1.807) is 0 Å². The summed E-state index contributed by atoms with van der Waals surface area (Å²) in [5.74, 6) is -0.468. The molecule has 1 aliphatic heterocycles. The summed E-state index contributed by atoms with van der Waals surface area (Å²) in [5, 5.41) is 3.79. The molecule has 0 unspecified atom stereocenters. The first-order valence-electron chi connectivity index (χ1n) is 6.67. The number of rotatable bonds is 4. The van der Waals surface area contributed by atoms with Gasteiger partial charge in [-0.15, -0.1) is 13.2 Å². The molecule has 23 heavy (non-hydrogen) atoms. The van der Waals surface area contributed by atoms with E-state index >= 15 is 0 Å². The van der Waals surface area contributed by atoms with Crippen molar-refractivity contribution < 1.29 is 31.2 Å². The number of oxime groups is 1. The van der Waals surface area contributed by atoms with Crippen LogP contribution in [0.25, 0.3) is 0 Å². The van der Waals surface area contributed by atoms with Crippen LogP contribution < -0.4 is 4.74 Å². The standard InChI is InChI=1S/C13H15F3N2O4S/c1-21-17-10-6-8-18(9-7-10)23(19,20)12-4-2-11(3-5-12)22-13(14,15)16/h2-5H,6-9H2,1H3. The van der Waals surface area contributed by atoms with Crippen LogP contribution in [0.15, 0.2) is 34.3 Å². The average molecular weight is 352 g/mol. The maximum absolute atomic E-state index is 12.4. The smallest absolute Gasteiger partial charge is 0.406 e. The third-order valence-electron chi connectivity index (χ3n) is 3.22. The minimum Gasteiger partial charge on any atom is -0.406 e. The topological polar surface area (TPSA) is 68.2 Å². The van der Waals surface area contributed by atoms with Crippen LogP contribution in [0, 0.1) is 0 Å². The van der Waals surface area contributed by atoms with Crippen molar-refractivity contribution >= 4 is 15.7 Å². The van der Waals surface area contributed by atoms with Gasteiger partial charge in [-0.2, -0.15) is 4.31 Å². The number of alkyl halides is 3. The maximum Gasteiger partial charge on any atom is 0.573 e. The lowest BCUT2D eigenvalue weighted by molar-refractivity contribution is -0.274. The lowest BCUT2D eigenvalue weighted by atomic mass is 10.1. The molecule has 1 aromatic carbocycles. The minimum absolute atomic E-state index is 0.0841. The van der Waals surface area contributed by atoms with Crippen molar-refractivity contribution in [2.24, 2.45) is 5.16 Å². The van der Waals surface area contributed by atoms with Crippen LogP contribution in [0.3, 0.4) is 0 Å². The number of piperidine rings is 1. The molecule has 1 aromatic rings. The summed E-state index contributed by atoms with van der Waals surface area (Å²) in [4.78, 5) is 4.57. The molecule has 0 radical (unpaired) electrons. The van der Waals surface area contributed by atoms with Crippen LogP contribution in [0.5, 0.6) is 5.75 Å². The first-order valence-corrected chi connectivity index (χ1v) is 8.11. The van der Waals surface area contributed by atoms with Crippen LogP contribution in [0.2, 0.25) is 0 Å². The molecule has 0 aliphatic carbocycles. The molecule has 0 amide bonds. The maximum atomic E-state index is 12.4. The molecule has 6 nitrogen and oxygen atoms in total. The van der Waals surface area contributed by atoms with Crippen molar-refractivity contribution in [3.8, 4) is 5.75 Å². The SMILES string of the molecule is CON=C1CCN(S(=O)(=O)c2ccc(OC(F)(F)F)cc2)CC1. The molecule has 0 atom stereocenters. The van der Waals surface area contributed by atoms with E-state index in [9.17, 15) is 21.6 Å². The van der Waals surface area contributed by atoms with E-state index < -0.39 is 22.1 Å². The zero-order valence-electron chi connectivity index (χ0n) is 12.2. The van der Waals surface area contributed by atoms with Gasteiger partial charge in [0.1, 0.15) is 12.9 Å². The van der Waals surface area contributed by atoms with Gasteiger partial charge >= 0.3 is 6.36 Å². The van der Waals surface area contributed by atoms with Crippen LogP contribution in [0.4, 0.5) is 13.2 Å². The van der Waals surface area contributed by atoms with Gasteiger partial charge in [-0.05, 0) is 24.3 Å². The Morgan fingerprint density at radius 2 is 1.70 bits per heavy atom. The van der Waals surface area contributed by atoms with E-state index in [1.807, 2.05) is 0 Å². The summed E-state index contributed by atoms with van der Waals surface area (Å²) in [5.41, 5.74) is 0.771. The van der Waals surface area contributed by atoms with Crippen LogP contribution in [-0.4, -0.2) is 45.0 Å². The highest BCUT2D eigenvalue weighted by atomic mass is 32.2. The van der Waals surface area contributed by atoms with E-state index in [0.717, 1.165) is 30.0 Å². The molecule has 0 spiro atoms. The van der Waals surface area contributed by atoms with Crippen LogP contribution in [-0.2, 0) is 14.9 Å². The summed E-state index contributed by atoms with van der Waals surface area (Å²) in [6, 6.07) is 4.13. The number of nitrogens with zero attached hydrogens (tertiary/aromatic N) is 2. The molecule has 0 N–H and O–H groups in total. The van der Waals surface area contributed by atoms with Gasteiger partial charge < -0.3 is 9.57 Å². The second kappa shape index (κ2) is 6.75. The number of sulfonamides is 1. The van der Waals surface area contributed by atoms with Crippen LogP contribution in [0.1, 0.15) is 12.8 Å². The van der Waals surface area contributed by atoms with Gasteiger partial charge in [0.05, 0.1) is 10.6 Å². The Bertz CT molecular complexity index is 661. The van der Waals surface area contributed by atoms with Gasteiger partial charge in [0.15, 0.2) is 0 Å². The Morgan fingerprint density at radius 3 is 2.17 bits per heavy atom. The molecule has 0 saturated carbocycles. The Balaban J connectivity index is 2.10. The van der Waals surface area contributed by atoms with Crippen molar-refractivity contribution in [2.75, 3.05) is 20.2 Å². The minimum atomic E-state index is -4.82. The zero-order chi connectivity index (χ0) is 17.1. The molecule has 1 heterocycles. The number of hydrogen-bond acceptors (Lipinski definition) is 5. The van der Waals surface area contributed by atoms with Crippen molar-refractivity contribution in [3.05, 3.63) is 24.3 Å². The van der Waals surface area contributed by atoms with Crippen molar-refractivity contribution in [1.29, 1.82) is 0 Å². The molecular weight excluding hydrogens is 337 g/mol. The second-order valence-electron chi connectivity index (χ2n) is 4.76. The van der Waals surface area contributed by atoms with E-state index in [1.165, 1.54) is 11.4 Å². The third kappa shape index (κ3) is 4.58. The van der Waals surface area contributed by atoms with Gasteiger partial charge in [0.2, 0.25) is 10.0 Å². The van der Waals surface area contributed by atoms with Gasteiger partial charge in [-0.1, -0.05) is 5.16 Å². The quantitative estimate of drug-likeness (QED) is 0.780. The molecule has 10 heteroatoms. The molecule has 1 fully saturated rings. The Hall–Kier alpha value is -1.81. The predicted molar refractivity (Wildman–Crippen MR) is 75.6 cm³/mol. The summed E-state index contributed by atoms with van der Waals surface area (Å²) in [6.07, 6.45) is -3.92. The van der Waals surface area contributed by atoms with Crippen molar-refractivity contribution in [2.45, 2.75) is 24.1 Å². The Labute approximate surface area is 131 Å². The number of ether oxygens (including phenoxy) is 1. The molecular formula is C13H15F3N2O4S. The summed E-state index contributed by atoms with van der Waals surface area (Å²) in [6.45, 7) is 0.483. The average Bonchev–Trinajstić information content (AvgIpc) is 2.47. The van der Waals surface area contributed by atoms with E-state index in [4.69, 9.17) is 0 Å². The molecule has 2 rings (SSSR count). The summed E-state index contributed by atoms with van der Waals surface area (Å²) in [7, 11) is -2.34. The fourth-order valence-corrected chi connectivity index (χ4v) is 3.61. The Kier molecular flexibility index (Phi) is 5.15. The lowest BCUT2D eigenvalue weighted by Crippen LogP contribution is -2.38. The van der Waals surface area contributed by atoms with Gasteiger partial charge in [0, 0.05) is 25.9 Å². The lowest BCUT2D eigenvalue weighted by Gasteiger charge is -2.26. The first kappa shape index (κ1) is 17.5. The third-order valence-corrected chi connectivity index (χ3v) is 5.13. The zero-order valence-corrected chi connectivity index (χ0v) is 13.0. The largest absolute Gasteiger partial charge is 0.573 e. The van der Waals surface area contributed by atoms with E-state index in [-0.39, 0.29) is 18.0 Å². The van der Waals surface area contributed by atoms with E-state index in [2.05, 4.69) is 14.7 Å². The second-order valence-corrected chi connectivity index (χ2v) is 6.70. The highest BCUT2D eigenvalue weighted by molar-refractivity contribution is 7.89. The molecule has 0 aromatic heterocycles. The van der Waals surface area contributed by atoms with Gasteiger partial charge in [-0.3, -0.25) is 0 Å². The number of halogens is 3. The summed E-state index contributed by atoms with van der Waals surface area (Å²) >= 11 is 0. The molecule has 1 saturated heterocycles. The molecule has 1 aliphatic rings. The highest BCUT2D eigenvalue weighted by Crippen LogP contribution is 2.26. The first-order chi connectivity index (χ1) is 10.7. The van der Waals surface area contributed by atoms with Crippen molar-refractivity contribution in [3.63, 3.8) is 0 Å². The van der Waals surface area contributed by atoms with Crippen molar-refractivity contribution in [1.82, 2.24) is 4.31 Å². The fraction of sp³-hybridized carbons (Fsp3) is 0.462. The summed E-state index contributed by atoms with van der Waals surface area (Å²) < 4.78 is 66.2. The normalized spacial score (nSPS) is 17.0. The van der Waals surface area contributed by atoms with Gasteiger partial charge in [0.25, 0.3) is 0 Å². The highest BCUT2D eigenvalue weighted by Gasteiger charge is 2.32. The monoisotopic (exact) mass is 352 g/mol. The van der Waals surface area contributed by atoms with E-state index in [0.29, 0.717) is 12.8 Å². The van der Waals surface area contributed by atoms with Crippen LogP contribution >= 0.6 is 0 Å². The predicted octanol–water partition coefficient (Wildman–Crippen LogP) is 2.37. The number of hydrogen-bond donors (Lipinski definition) is 0. The molecule has 128 valence electrons. The number of benzene rings is 1. The Morgan fingerprint density at radius 1 is 1.13 bits per heavy atom. The molecule has 0 bridgehead atoms.